The van der Waals surface area contributed by atoms with Crippen LogP contribution in [0.25, 0.3) is 0 Å². The molecule has 0 saturated carbocycles. The first-order chi connectivity index (χ1) is 9.76. The number of rotatable bonds is 6. The number of methoxy groups -OCH3 is 1. The number of benzene rings is 1. The van der Waals surface area contributed by atoms with E-state index in [2.05, 4.69) is 34.3 Å². The van der Waals surface area contributed by atoms with Crippen LogP contribution < -0.4 is 10.1 Å². The summed E-state index contributed by atoms with van der Waals surface area (Å²) in [5.74, 6) is 1.43. The summed E-state index contributed by atoms with van der Waals surface area (Å²) < 4.78 is 5.13. The minimum atomic E-state index is 0.579. The summed E-state index contributed by atoms with van der Waals surface area (Å²) >= 11 is 0. The van der Waals surface area contributed by atoms with Crippen LogP contribution in [0.4, 0.5) is 5.95 Å². The summed E-state index contributed by atoms with van der Waals surface area (Å²) in [6.07, 6.45) is 1.73. The molecule has 0 aliphatic rings. The number of hydrogen-bond acceptors (Lipinski definition) is 5. The van der Waals surface area contributed by atoms with Gasteiger partial charge in [0.2, 0.25) is 5.95 Å². The van der Waals surface area contributed by atoms with Crippen LogP contribution in [0.15, 0.2) is 24.3 Å². The van der Waals surface area contributed by atoms with E-state index < -0.39 is 0 Å². The van der Waals surface area contributed by atoms with Crippen LogP contribution >= 0.6 is 0 Å². The monoisotopic (exact) mass is 272 g/mol. The minimum Gasteiger partial charge on any atom is -0.497 e. The van der Waals surface area contributed by atoms with E-state index in [1.807, 2.05) is 24.3 Å². The molecule has 0 fully saturated rings. The zero-order valence-electron chi connectivity index (χ0n) is 12.2. The van der Waals surface area contributed by atoms with Crippen LogP contribution in [-0.4, -0.2) is 22.3 Å². The topological polar surface area (TPSA) is 59.9 Å². The van der Waals surface area contributed by atoms with Crippen molar-refractivity contribution in [1.82, 2.24) is 15.2 Å². The van der Waals surface area contributed by atoms with Crippen molar-refractivity contribution in [3.8, 4) is 5.75 Å². The van der Waals surface area contributed by atoms with Crippen LogP contribution in [0.1, 0.15) is 30.8 Å². The molecule has 1 heterocycles. The Morgan fingerprint density at radius 3 is 2.30 bits per heavy atom. The highest BCUT2D eigenvalue weighted by atomic mass is 16.5. The van der Waals surface area contributed by atoms with Crippen molar-refractivity contribution in [3.63, 3.8) is 0 Å². The van der Waals surface area contributed by atoms with Crippen LogP contribution in [0, 0.1) is 0 Å². The molecule has 0 saturated heterocycles. The molecule has 106 valence electrons. The van der Waals surface area contributed by atoms with Gasteiger partial charge < -0.3 is 10.1 Å². The van der Waals surface area contributed by atoms with Gasteiger partial charge in [0.05, 0.1) is 18.5 Å². The van der Waals surface area contributed by atoms with E-state index in [0.717, 1.165) is 35.5 Å². The van der Waals surface area contributed by atoms with E-state index in [0.29, 0.717) is 12.5 Å². The summed E-state index contributed by atoms with van der Waals surface area (Å²) in [6, 6.07) is 7.91. The van der Waals surface area contributed by atoms with Gasteiger partial charge in [0.15, 0.2) is 0 Å². The molecule has 5 nitrogen and oxygen atoms in total. The van der Waals surface area contributed by atoms with Gasteiger partial charge in [0.1, 0.15) is 5.75 Å². The predicted octanol–water partition coefficient (Wildman–Crippen LogP) is 2.62. The summed E-state index contributed by atoms with van der Waals surface area (Å²) in [5.41, 5.74) is 3.13. The van der Waals surface area contributed by atoms with Gasteiger partial charge in [0, 0.05) is 6.54 Å². The zero-order chi connectivity index (χ0) is 14.4. The van der Waals surface area contributed by atoms with Gasteiger partial charge >= 0.3 is 0 Å². The lowest BCUT2D eigenvalue weighted by Gasteiger charge is -2.08. The average molecular weight is 272 g/mol. The summed E-state index contributed by atoms with van der Waals surface area (Å²) in [4.78, 5) is 4.50. The lowest BCUT2D eigenvalue weighted by atomic mass is 10.2. The Kier molecular flexibility index (Phi) is 4.87. The van der Waals surface area contributed by atoms with Crippen LogP contribution in [0.3, 0.4) is 0 Å². The highest BCUT2D eigenvalue weighted by Gasteiger charge is 2.05. The van der Waals surface area contributed by atoms with Gasteiger partial charge in [-0.2, -0.15) is 5.10 Å². The average Bonchev–Trinajstić information content (AvgIpc) is 2.53. The summed E-state index contributed by atoms with van der Waals surface area (Å²) in [7, 11) is 1.66. The van der Waals surface area contributed by atoms with E-state index in [1.165, 1.54) is 0 Å². The third-order valence-corrected chi connectivity index (χ3v) is 3.12. The summed E-state index contributed by atoms with van der Waals surface area (Å²) in [5, 5.41) is 11.5. The highest BCUT2D eigenvalue weighted by molar-refractivity contribution is 5.31. The lowest BCUT2D eigenvalue weighted by molar-refractivity contribution is 0.414. The maximum Gasteiger partial charge on any atom is 0.243 e. The van der Waals surface area contributed by atoms with E-state index in [9.17, 15) is 0 Å². The number of hydrogen-bond donors (Lipinski definition) is 1. The van der Waals surface area contributed by atoms with E-state index in [1.54, 1.807) is 7.11 Å². The Hall–Kier alpha value is -2.17. The predicted molar refractivity (Wildman–Crippen MR) is 78.9 cm³/mol. The molecule has 0 aliphatic heterocycles. The maximum absolute atomic E-state index is 5.13. The SMILES string of the molecule is CCc1nnc(NCc2ccc(OC)cc2)nc1CC. The van der Waals surface area contributed by atoms with Gasteiger partial charge in [0.25, 0.3) is 0 Å². The van der Waals surface area contributed by atoms with Gasteiger partial charge in [-0.3, -0.25) is 0 Å². The highest BCUT2D eigenvalue weighted by Crippen LogP contribution is 2.12. The Morgan fingerprint density at radius 2 is 1.70 bits per heavy atom. The van der Waals surface area contributed by atoms with Crippen molar-refractivity contribution in [2.75, 3.05) is 12.4 Å². The standard InChI is InChI=1S/C15H20N4O/c1-4-13-14(5-2)18-19-15(17-13)16-10-11-6-8-12(20-3)9-7-11/h6-9H,4-5,10H2,1-3H3,(H,16,17,19). The molecular formula is C15H20N4O. The molecule has 0 amide bonds. The normalized spacial score (nSPS) is 10.3. The van der Waals surface area contributed by atoms with E-state index in [-0.39, 0.29) is 0 Å². The van der Waals surface area contributed by atoms with Crippen molar-refractivity contribution in [3.05, 3.63) is 41.2 Å². The minimum absolute atomic E-state index is 0.579. The molecule has 1 aromatic carbocycles. The number of ether oxygens (including phenoxy) is 1. The Labute approximate surface area is 119 Å². The number of anilines is 1. The molecular weight excluding hydrogens is 252 g/mol. The molecule has 20 heavy (non-hydrogen) atoms. The second-order valence-corrected chi connectivity index (χ2v) is 4.44. The zero-order valence-corrected chi connectivity index (χ0v) is 12.2. The Balaban J connectivity index is 2.02. The van der Waals surface area contributed by atoms with Gasteiger partial charge in [-0.05, 0) is 30.5 Å². The van der Waals surface area contributed by atoms with Crippen molar-refractivity contribution in [2.45, 2.75) is 33.2 Å². The molecule has 0 atom stereocenters. The van der Waals surface area contributed by atoms with Crippen LogP contribution in [0.5, 0.6) is 5.75 Å². The first-order valence-corrected chi connectivity index (χ1v) is 6.86. The fraction of sp³-hybridized carbons (Fsp3) is 0.400. The quantitative estimate of drug-likeness (QED) is 0.876. The molecule has 1 aromatic heterocycles. The van der Waals surface area contributed by atoms with Crippen LogP contribution in [0.2, 0.25) is 0 Å². The van der Waals surface area contributed by atoms with E-state index in [4.69, 9.17) is 4.74 Å². The molecule has 0 bridgehead atoms. The Morgan fingerprint density at radius 1 is 1.00 bits per heavy atom. The number of nitrogens with zero attached hydrogens (tertiary/aromatic N) is 3. The molecule has 0 unspecified atom stereocenters. The molecule has 5 heteroatoms. The van der Waals surface area contributed by atoms with Crippen molar-refractivity contribution in [2.24, 2.45) is 0 Å². The van der Waals surface area contributed by atoms with Crippen molar-refractivity contribution >= 4 is 5.95 Å². The second-order valence-electron chi connectivity index (χ2n) is 4.44. The van der Waals surface area contributed by atoms with Crippen LogP contribution in [-0.2, 0) is 19.4 Å². The molecule has 0 aliphatic carbocycles. The number of nitrogens with one attached hydrogen (secondary N) is 1. The molecule has 1 N–H and O–H groups in total. The Bertz CT molecular complexity index is 554. The first-order valence-electron chi connectivity index (χ1n) is 6.86. The molecule has 2 rings (SSSR count). The smallest absolute Gasteiger partial charge is 0.243 e. The fourth-order valence-electron chi connectivity index (χ4n) is 1.94. The number of aromatic nitrogens is 3. The lowest BCUT2D eigenvalue weighted by Crippen LogP contribution is -2.09. The first kappa shape index (κ1) is 14.2. The summed E-state index contributed by atoms with van der Waals surface area (Å²) in [6.45, 7) is 4.81. The maximum atomic E-state index is 5.13. The van der Waals surface area contributed by atoms with Crippen molar-refractivity contribution in [1.29, 1.82) is 0 Å². The third-order valence-electron chi connectivity index (χ3n) is 3.12. The van der Waals surface area contributed by atoms with Gasteiger partial charge in [-0.1, -0.05) is 26.0 Å². The number of aryl methyl sites for hydroxylation is 2. The third kappa shape index (κ3) is 3.44. The molecule has 0 radical (unpaired) electrons. The largest absolute Gasteiger partial charge is 0.497 e. The van der Waals surface area contributed by atoms with E-state index >= 15 is 0 Å². The van der Waals surface area contributed by atoms with Crippen molar-refractivity contribution < 1.29 is 4.74 Å². The molecule has 0 spiro atoms. The fourth-order valence-corrected chi connectivity index (χ4v) is 1.94. The molecule has 2 aromatic rings. The van der Waals surface area contributed by atoms with Gasteiger partial charge in [-0.15, -0.1) is 5.10 Å². The second kappa shape index (κ2) is 6.84. The van der Waals surface area contributed by atoms with Gasteiger partial charge in [-0.25, -0.2) is 4.98 Å².